The first kappa shape index (κ1) is 16.2. The minimum atomic E-state index is -0.330. The number of nitrogens with one attached hydrogen (secondary N) is 1. The number of carbonyl (C=O) groups is 1. The van der Waals surface area contributed by atoms with Crippen LogP contribution in [0.3, 0.4) is 0 Å². The van der Waals surface area contributed by atoms with Crippen molar-refractivity contribution in [3.8, 4) is 5.69 Å². The van der Waals surface area contributed by atoms with Crippen molar-refractivity contribution in [3.05, 3.63) is 59.4 Å². The van der Waals surface area contributed by atoms with Crippen LogP contribution in [-0.4, -0.2) is 36.5 Å². The lowest BCUT2D eigenvalue weighted by Crippen LogP contribution is -2.36. The van der Waals surface area contributed by atoms with Crippen LogP contribution in [0.4, 0.5) is 0 Å². The summed E-state index contributed by atoms with van der Waals surface area (Å²) in [6.45, 7) is 4.25. The summed E-state index contributed by atoms with van der Waals surface area (Å²) in [5.74, 6) is 0.372. The monoisotopic (exact) mass is 344 g/mol. The summed E-state index contributed by atoms with van der Waals surface area (Å²) in [5, 5.41) is 11.8. The highest BCUT2D eigenvalue weighted by Crippen LogP contribution is 2.20. The highest BCUT2D eigenvalue weighted by Gasteiger charge is 2.18. The molecule has 0 radical (unpaired) electrons. The van der Waals surface area contributed by atoms with Gasteiger partial charge in [-0.25, -0.2) is 9.67 Å². The number of rotatable bonds is 5. The molecule has 7 nitrogen and oxygen atoms in total. The molecule has 2 heterocycles. The van der Waals surface area contributed by atoms with Crippen LogP contribution < -0.4 is 5.32 Å². The summed E-state index contributed by atoms with van der Waals surface area (Å²) in [6, 6.07) is 9.02. The average Bonchev–Trinajstić information content (AvgIpc) is 3.17. The van der Waals surface area contributed by atoms with E-state index in [1.54, 1.807) is 28.6 Å². The molecule has 1 amide bonds. The van der Waals surface area contributed by atoms with E-state index >= 15 is 0 Å². The van der Waals surface area contributed by atoms with Gasteiger partial charge in [0.05, 0.1) is 17.3 Å². The smallest absolute Gasteiger partial charge is 0.291 e. The van der Waals surface area contributed by atoms with Gasteiger partial charge in [0.2, 0.25) is 5.82 Å². The Bertz CT molecular complexity index is 842. The van der Waals surface area contributed by atoms with Gasteiger partial charge in [-0.2, -0.15) is 5.10 Å². The van der Waals surface area contributed by atoms with Crippen LogP contribution >= 0.6 is 11.6 Å². The van der Waals surface area contributed by atoms with Crippen molar-refractivity contribution >= 4 is 17.5 Å². The molecule has 0 fully saturated rings. The second-order valence-corrected chi connectivity index (χ2v) is 5.86. The molecule has 8 heteroatoms. The molecule has 1 N–H and O–H groups in total. The minimum Gasteiger partial charge on any atom is -0.345 e. The molecule has 0 saturated heterocycles. The third kappa shape index (κ3) is 3.46. The quantitative estimate of drug-likeness (QED) is 0.770. The van der Waals surface area contributed by atoms with E-state index < -0.39 is 0 Å². The Morgan fingerprint density at radius 1 is 1.33 bits per heavy atom. The summed E-state index contributed by atoms with van der Waals surface area (Å²) in [4.78, 5) is 16.6. The van der Waals surface area contributed by atoms with Crippen LogP contribution in [0.1, 0.15) is 23.4 Å². The fourth-order valence-corrected chi connectivity index (χ4v) is 2.58. The summed E-state index contributed by atoms with van der Waals surface area (Å²) in [5.41, 5.74) is 0.688. The Morgan fingerprint density at radius 3 is 2.83 bits per heavy atom. The van der Waals surface area contributed by atoms with Gasteiger partial charge in [-0.15, -0.1) is 5.10 Å². The third-order valence-corrected chi connectivity index (χ3v) is 3.77. The van der Waals surface area contributed by atoms with Gasteiger partial charge in [0.1, 0.15) is 5.82 Å². The number of halogens is 1. The van der Waals surface area contributed by atoms with Crippen molar-refractivity contribution in [2.24, 2.45) is 0 Å². The van der Waals surface area contributed by atoms with Crippen LogP contribution in [-0.2, 0) is 6.54 Å². The van der Waals surface area contributed by atoms with Crippen LogP contribution in [0, 0.1) is 6.92 Å². The van der Waals surface area contributed by atoms with Crippen LogP contribution in [0.2, 0.25) is 5.02 Å². The van der Waals surface area contributed by atoms with E-state index in [4.69, 9.17) is 11.6 Å². The van der Waals surface area contributed by atoms with Gasteiger partial charge in [0.25, 0.3) is 5.91 Å². The van der Waals surface area contributed by atoms with E-state index in [-0.39, 0.29) is 17.8 Å². The lowest BCUT2D eigenvalue weighted by Gasteiger charge is -2.12. The van der Waals surface area contributed by atoms with Gasteiger partial charge >= 0.3 is 0 Å². The van der Waals surface area contributed by atoms with Crippen molar-refractivity contribution in [1.82, 2.24) is 29.9 Å². The zero-order valence-corrected chi connectivity index (χ0v) is 14.1. The zero-order chi connectivity index (χ0) is 17.1. The van der Waals surface area contributed by atoms with Crippen molar-refractivity contribution in [2.45, 2.75) is 26.4 Å². The van der Waals surface area contributed by atoms with Crippen LogP contribution in [0.25, 0.3) is 5.69 Å². The second kappa shape index (κ2) is 6.84. The summed E-state index contributed by atoms with van der Waals surface area (Å²) in [6.07, 6.45) is 3.54. The predicted octanol–water partition coefficient (Wildman–Crippen LogP) is 2.24. The highest BCUT2D eigenvalue weighted by atomic mass is 35.5. The molecular weight excluding hydrogens is 328 g/mol. The molecule has 3 rings (SSSR count). The molecule has 0 aliphatic heterocycles. The summed E-state index contributed by atoms with van der Waals surface area (Å²) < 4.78 is 3.32. The van der Waals surface area contributed by atoms with Gasteiger partial charge in [-0.05, 0) is 32.0 Å². The first-order valence-electron chi connectivity index (χ1n) is 7.51. The number of nitrogens with zero attached hydrogens (tertiary/aromatic N) is 5. The predicted molar refractivity (Wildman–Crippen MR) is 90.3 cm³/mol. The van der Waals surface area contributed by atoms with Gasteiger partial charge in [0.15, 0.2) is 0 Å². The average molecular weight is 345 g/mol. The maximum absolute atomic E-state index is 12.4. The van der Waals surface area contributed by atoms with Crippen LogP contribution in [0.15, 0.2) is 42.7 Å². The van der Waals surface area contributed by atoms with Crippen molar-refractivity contribution in [1.29, 1.82) is 0 Å². The number of amides is 1. The van der Waals surface area contributed by atoms with E-state index in [0.717, 1.165) is 0 Å². The minimum absolute atomic E-state index is 0.107. The molecule has 2 aromatic heterocycles. The largest absolute Gasteiger partial charge is 0.345 e. The molecule has 0 spiro atoms. The van der Waals surface area contributed by atoms with E-state index in [1.807, 2.05) is 37.4 Å². The maximum Gasteiger partial charge on any atom is 0.291 e. The number of benzene rings is 1. The molecular formula is C16H17ClN6O. The number of aryl methyl sites for hydroxylation is 1. The molecule has 1 aromatic carbocycles. The Balaban J connectivity index is 1.74. The fourth-order valence-electron chi connectivity index (χ4n) is 2.36. The van der Waals surface area contributed by atoms with Crippen LogP contribution in [0.5, 0.6) is 0 Å². The number of aromatic nitrogens is 5. The molecule has 3 aromatic rings. The second-order valence-electron chi connectivity index (χ2n) is 5.45. The number of hydrogen-bond donors (Lipinski definition) is 1. The van der Waals surface area contributed by atoms with E-state index in [2.05, 4.69) is 20.5 Å². The topological polar surface area (TPSA) is 77.6 Å². The first-order chi connectivity index (χ1) is 11.5. The maximum atomic E-state index is 12.4. The molecule has 1 atom stereocenters. The van der Waals surface area contributed by atoms with E-state index in [1.165, 1.54) is 0 Å². The fraction of sp³-hybridized carbons (Fsp3) is 0.250. The van der Waals surface area contributed by atoms with E-state index in [9.17, 15) is 4.79 Å². The molecule has 0 bridgehead atoms. The lowest BCUT2D eigenvalue weighted by atomic mass is 10.3. The van der Waals surface area contributed by atoms with E-state index in [0.29, 0.717) is 23.1 Å². The van der Waals surface area contributed by atoms with Gasteiger partial charge < -0.3 is 5.32 Å². The Hall–Kier alpha value is -2.67. The van der Waals surface area contributed by atoms with Gasteiger partial charge in [0, 0.05) is 18.4 Å². The number of para-hydroxylation sites is 1. The molecule has 0 aliphatic carbocycles. The Labute approximate surface area is 144 Å². The Morgan fingerprint density at radius 2 is 2.12 bits per heavy atom. The Kier molecular flexibility index (Phi) is 4.61. The standard InChI is InChI=1S/C16H17ClN6O/c1-11(10-22-9-5-8-18-22)19-16(24)15-20-12(2)23(21-15)14-7-4-3-6-13(14)17/h3-9,11H,10H2,1-2H3,(H,19,24). The molecule has 24 heavy (non-hydrogen) atoms. The van der Waals surface area contributed by atoms with Gasteiger partial charge in [-0.3, -0.25) is 9.48 Å². The van der Waals surface area contributed by atoms with Crippen molar-refractivity contribution in [2.75, 3.05) is 0 Å². The summed E-state index contributed by atoms with van der Waals surface area (Å²) in [7, 11) is 0. The normalized spacial score (nSPS) is 12.1. The van der Waals surface area contributed by atoms with Crippen molar-refractivity contribution < 1.29 is 4.79 Å². The molecule has 1 unspecified atom stereocenters. The number of carbonyl (C=O) groups excluding carboxylic acids is 1. The zero-order valence-electron chi connectivity index (χ0n) is 13.3. The van der Waals surface area contributed by atoms with Crippen molar-refractivity contribution in [3.63, 3.8) is 0 Å². The SMILES string of the molecule is Cc1nc(C(=O)NC(C)Cn2cccn2)nn1-c1ccccc1Cl. The summed E-state index contributed by atoms with van der Waals surface area (Å²) >= 11 is 6.18. The highest BCUT2D eigenvalue weighted by molar-refractivity contribution is 6.32. The number of hydrogen-bond acceptors (Lipinski definition) is 4. The van der Waals surface area contributed by atoms with Gasteiger partial charge in [-0.1, -0.05) is 23.7 Å². The molecule has 124 valence electrons. The third-order valence-electron chi connectivity index (χ3n) is 3.45. The first-order valence-corrected chi connectivity index (χ1v) is 7.89. The molecule has 0 saturated carbocycles. The molecule has 0 aliphatic rings. The lowest BCUT2D eigenvalue weighted by molar-refractivity contribution is 0.0925.